The first kappa shape index (κ1) is 13.3. The first-order valence-electron chi connectivity index (χ1n) is 6.55. The number of aliphatic hydroxyl groups is 1. The molecule has 2 rings (SSSR count). The molecule has 3 heteroatoms. The summed E-state index contributed by atoms with van der Waals surface area (Å²) in [7, 11) is 1.51. The van der Waals surface area contributed by atoms with Gasteiger partial charge in [-0.25, -0.2) is 4.39 Å². The predicted molar refractivity (Wildman–Crippen MR) is 69.0 cm³/mol. The van der Waals surface area contributed by atoms with Crippen LogP contribution in [0.15, 0.2) is 18.2 Å². The van der Waals surface area contributed by atoms with E-state index in [9.17, 15) is 9.50 Å². The van der Waals surface area contributed by atoms with E-state index in [0.717, 1.165) is 12.8 Å². The summed E-state index contributed by atoms with van der Waals surface area (Å²) in [5, 5.41) is 10.8. The van der Waals surface area contributed by atoms with Gasteiger partial charge in [0.1, 0.15) is 11.6 Å². The lowest BCUT2D eigenvalue weighted by molar-refractivity contribution is -0.0712. The third-order valence-corrected chi connectivity index (χ3v) is 4.47. The SMILES string of the molecule is COc1ccc(C2(O)CCCC(C)C2C)c(F)c1. The van der Waals surface area contributed by atoms with Crippen LogP contribution in [-0.4, -0.2) is 12.2 Å². The average molecular weight is 252 g/mol. The Morgan fingerprint density at radius 1 is 1.39 bits per heavy atom. The van der Waals surface area contributed by atoms with Crippen molar-refractivity contribution in [1.29, 1.82) is 0 Å². The van der Waals surface area contributed by atoms with Gasteiger partial charge in [-0.15, -0.1) is 0 Å². The largest absolute Gasteiger partial charge is 0.497 e. The highest BCUT2D eigenvalue weighted by molar-refractivity contribution is 5.33. The summed E-state index contributed by atoms with van der Waals surface area (Å²) in [5.41, 5.74) is -0.643. The topological polar surface area (TPSA) is 29.5 Å². The van der Waals surface area contributed by atoms with E-state index in [0.29, 0.717) is 23.7 Å². The van der Waals surface area contributed by atoms with E-state index in [1.807, 2.05) is 6.92 Å². The minimum atomic E-state index is -1.05. The monoisotopic (exact) mass is 252 g/mol. The molecule has 0 spiro atoms. The lowest BCUT2D eigenvalue weighted by Crippen LogP contribution is -2.41. The normalized spacial score (nSPS) is 32.3. The number of ether oxygens (including phenoxy) is 1. The van der Waals surface area contributed by atoms with Gasteiger partial charge >= 0.3 is 0 Å². The molecule has 1 N–H and O–H groups in total. The smallest absolute Gasteiger partial charge is 0.132 e. The number of halogens is 1. The second kappa shape index (κ2) is 4.88. The van der Waals surface area contributed by atoms with E-state index < -0.39 is 5.60 Å². The number of methoxy groups -OCH3 is 1. The van der Waals surface area contributed by atoms with Crippen molar-refractivity contribution >= 4 is 0 Å². The standard InChI is InChI=1S/C15H21FO2/c1-10-5-4-8-15(17,11(10)2)13-7-6-12(18-3)9-14(13)16/h6-7,9-11,17H,4-5,8H2,1-3H3. The average Bonchev–Trinajstić information content (AvgIpc) is 2.35. The maximum Gasteiger partial charge on any atom is 0.132 e. The van der Waals surface area contributed by atoms with E-state index >= 15 is 0 Å². The van der Waals surface area contributed by atoms with Crippen molar-refractivity contribution in [2.24, 2.45) is 11.8 Å². The van der Waals surface area contributed by atoms with Crippen LogP contribution in [0.25, 0.3) is 0 Å². The fraction of sp³-hybridized carbons (Fsp3) is 0.600. The molecule has 0 aromatic heterocycles. The zero-order valence-corrected chi connectivity index (χ0v) is 11.2. The van der Waals surface area contributed by atoms with Crippen molar-refractivity contribution < 1.29 is 14.2 Å². The van der Waals surface area contributed by atoms with Gasteiger partial charge in [-0.05, 0) is 36.8 Å². The quantitative estimate of drug-likeness (QED) is 0.873. The van der Waals surface area contributed by atoms with Gasteiger partial charge in [0.05, 0.1) is 12.7 Å². The Morgan fingerprint density at radius 3 is 2.72 bits per heavy atom. The third-order valence-electron chi connectivity index (χ3n) is 4.47. The molecule has 0 amide bonds. The maximum atomic E-state index is 14.1. The Balaban J connectivity index is 2.40. The van der Waals surface area contributed by atoms with Crippen molar-refractivity contribution in [2.75, 3.05) is 7.11 Å². The number of rotatable bonds is 2. The van der Waals surface area contributed by atoms with Crippen molar-refractivity contribution in [3.63, 3.8) is 0 Å². The van der Waals surface area contributed by atoms with Gasteiger partial charge in [0.2, 0.25) is 0 Å². The summed E-state index contributed by atoms with van der Waals surface area (Å²) >= 11 is 0. The molecule has 18 heavy (non-hydrogen) atoms. The molecule has 0 saturated heterocycles. The first-order valence-corrected chi connectivity index (χ1v) is 6.55. The van der Waals surface area contributed by atoms with Gasteiger partial charge in [-0.2, -0.15) is 0 Å². The molecule has 1 aromatic carbocycles. The van der Waals surface area contributed by atoms with Crippen LogP contribution in [0.2, 0.25) is 0 Å². The van der Waals surface area contributed by atoms with Gasteiger partial charge < -0.3 is 9.84 Å². The molecular formula is C15H21FO2. The lowest BCUT2D eigenvalue weighted by Gasteiger charge is -2.42. The van der Waals surface area contributed by atoms with Crippen LogP contribution in [0.3, 0.4) is 0 Å². The molecule has 1 aliphatic rings. The fourth-order valence-electron chi connectivity index (χ4n) is 3.00. The second-order valence-corrected chi connectivity index (χ2v) is 5.43. The molecule has 1 saturated carbocycles. The van der Waals surface area contributed by atoms with E-state index in [1.165, 1.54) is 13.2 Å². The summed E-state index contributed by atoms with van der Waals surface area (Å²) in [6.45, 7) is 4.13. The van der Waals surface area contributed by atoms with Gasteiger partial charge in [0.15, 0.2) is 0 Å². The van der Waals surface area contributed by atoms with Crippen molar-refractivity contribution in [1.82, 2.24) is 0 Å². The van der Waals surface area contributed by atoms with Crippen LogP contribution in [0.4, 0.5) is 4.39 Å². The molecule has 0 bridgehead atoms. The van der Waals surface area contributed by atoms with Crippen LogP contribution in [0, 0.1) is 17.7 Å². The van der Waals surface area contributed by atoms with E-state index in [4.69, 9.17) is 4.74 Å². The van der Waals surface area contributed by atoms with Crippen molar-refractivity contribution in [3.05, 3.63) is 29.6 Å². The van der Waals surface area contributed by atoms with E-state index in [2.05, 4.69) is 6.92 Å². The van der Waals surface area contributed by atoms with Crippen LogP contribution in [0.1, 0.15) is 38.7 Å². The number of hydrogen-bond acceptors (Lipinski definition) is 2. The van der Waals surface area contributed by atoms with Crippen molar-refractivity contribution in [2.45, 2.75) is 38.7 Å². The zero-order chi connectivity index (χ0) is 13.3. The molecule has 1 aromatic rings. The zero-order valence-electron chi connectivity index (χ0n) is 11.2. The van der Waals surface area contributed by atoms with E-state index in [1.54, 1.807) is 12.1 Å². The number of hydrogen-bond donors (Lipinski definition) is 1. The highest BCUT2D eigenvalue weighted by Crippen LogP contribution is 2.45. The van der Waals surface area contributed by atoms with Gasteiger partial charge in [-0.1, -0.05) is 20.3 Å². The molecule has 0 radical (unpaired) electrons. The summed E-state index contributed by atoms with van der Waals surface area (Å²) in [5.74, 6) is 0.577. The summed E-state index contributed by atoms with van der Waals surface area (Å²) in [4.78, 5) is 0. The molecular weight excluding hydrogens is 231 g/mol. The molecule has 100 valence electrons. The first-order chi connectivity index (χ1) is 8.49. The highest BCUT2D eigenvalue weighted by Gasteiger charge is 2.42. The van der Waals surface area contributed by atoms with Gasteiger partial charge in [0, 0.05) is 11.6 Å². The van der Waals surface area contributed by atoms with Gasteiger partial charge in [-0.3, -0.25) is 0 Å². The Kier molecular flexibility index (Phi) is 3.62. The number of benzene rings is 1. The lowest BCUT2D eigenvalue weighted by atomic mass is 9.67. The highest BCUT2D eigenvalue weighted by atomic mass is 19.1. The molecule has 0 aliphatic heterocycles. The second-order valence-electron chi connectivity index (χ2n) is 5.43. The Labute approximate surface area is 108 Å². The van der Waals surface area contributed by atoms with Crippen LogP contribution < -0.4 is 4.74 Å². The predicted octanol–water partition coefficient (Wildman–Crippen LogP) is 3.48. The maximum absolute atomic E-state index is 14.1. The summed E-state index contributed by atoms with van der Waals surface area (Å²) in [6, 6.07) is 4.71. The third kappa shape index (κ3) is 2.12. The Bertz CT molecular complexity index is 433. The van der Waals surface area contributed by atoms with Crippen LogP contribution in [-0.2, 0) is 5.60 Å². The molecule has 0 heterocycles. The van der Waals surface area contributed by atoms with Gasteiger partial charge in [0.25, 0.3) is 0 Å². The van der Waals surface area contributed by atoms with Crippen molar-refractivity contribution in [3.8, 4) is 5.75 Å². The Hall–Kier alpha value is -1.09. The summed E-state index contributed by atoms with van der Waals surface area (Å²) < 4.78 is 19.1. The van der Waals surface area contributed by atoms with E-state index in [-0.39, 0.29) is 11.7 Å². The Morgan fingerprint density at radius 2 is 2.11 bits per heavy atom. The molecule has 1 aliphatic carbocycles. The minimum Gasteiger partial charge on any atom is -0.497 e. The summed E-state index contributed by atoms with van der Waals surface area (Å²) in [6.07, 6.45) is 2.66. The van der Waals surface area contributed by atoms with Crippen LogP contribution in [0.5, 0.6) is 5.75 Å². The molecule has 3 unspecified atom stereocenters. The fourth-order valence-corrected chi connectivity index (χ4v) is 3.00. The minimum absolute atomic E-state index is 0.0640. The van der Waals surface area contributed by atoms with Crippen LogP contribution >= 0.6 is 0 Å². The molecule has 3 atom stereocenters. The molecule has 1 fully saturated rings. The molecule has 2 nitrogen and oxygen atoms in total.